The molecule has 0 unspecified atom stereocenters. The molecule has 0 bridgehead atoms. The van der Waals surface area contributed by atoms with Crippen LogP contribution in [0.2, 0.25) is 5.02 Å². The number of hydrogen-bond acceptors (Lipinski definition) is 7. The summed E-state index contributed by atoms with van der Waals surface area (Å²) in [5, 5.41) is -0.181. The van der Waals surface area contributed by atoms with Crippen LogP contribution >= 0.6 is 11.6 Å². The van der Waals surface area contributed by atoms with E-state index in [4.69, 9.17) is 26.1 Å². The van der Waals surface area contributed by atoms with Crippen LogP contribution in [0.1, 0.15) is 41.5 Å². The first-order valence-electron chi connectivity index (χ1n) is 12.0. The molecule has 0 amide bonds. The minimum Gasteiger partial charge on any atom is -0.485 e. The zero-order chi connectivity index (χ0) is 26.8. The van der Waals surface area contributed by atoms with Crippen LogP contribution in [0.3, 0.4) is 0 Å². The largest absolute Gasteiger partial charge is 0.485 e. The molecule has 5 rings (SSSR count). The van der Waals surface area contributed by atoms with E-state index in [1.54, 1.807) is 37.5 Å². The summed E-state index contributed by atoms with van der Waals surface area (Å²) >= 11 is 6.39. The smallest absolute Gasteiger partial charge is 0.277 e. The molecule has 0 saturated carbocycles. The van der Waals surface area contributed by atoms with Gasteiger partial charge in [-0.2, -0.15) is 0 Å². The highest BCUT2D eigenvalue weighted by molar-refractivity contribution is 6.31. The van der Waals surface area contributed by atoms with Gasteiger partial charge in [0, 0.05) is 49.4 Å². The highest BCUT2D eigenvalue weighted by Crippen LogP contribution is 2.29. The van der Waals surface area contributed by atoms with Gasteiger partial charge < -0.3 is 9.47 Å². The molecular formula is C27H24ClF2N5O3. The van der Waals surface area contributed by atoms with E-state index in [-0.39, 0.29) is 29.0 Å². The standard InChI is InChI=1S/C27H24ClF2N5O3/c1-15-12-32-21(20-3-6-31-26(34-20)17-4-7-37-8-5-17)11-23(15)35-16(2)9-24(25(28)27(35)36)38-14-22-19(30)10-18(29)13-33-22/h3,6,9-13,17H,4-5,7-8,14H2,1-2H3. The average molecular weight is 540 g/mol. The Balaban J connectivity index is 1.47. The number of aromatic nitrogens is 5. The lowest BCUT2D eigenvalue weighted by molar-refractivity contribution is 0.0836. The molecule has 1 aliphatic heterocycles. The molecule has 38 heavy (non-hydrogen) atoms. The van der Waals surface area contributed by atoms with Crippen molar-refractivity contribution in [2.75, 3.05) is 13.2 Å². The molecule has 5 heterocycles. The van der Waals surface area contributed by atoms with Crippen LogP contribution in [0.25, 0.3) is 17.1 Å². The Hall–Kier alpha value is -3.76. The molecule has 1 saturated heterocycles. The Morgan fingerprint density at radius 3 is 2.63 bits per heavy atom. The summed E-state index contributed by atoms with van der Waals surface area (Å²) in [6.45, 7) is 4.62. The highest BCUT2D eigenvalue weighted by Gasteiger charge is 2.20. The normalized spacial score (nSPS) is 14.0. The topological polar surface area (TPSA) is 92.0 Å². The van der Waals surface area contributed by atoms with Crippen LogP contribution < -0.4 is 10.3 Å². The number of hydrogen-bond donors (Lipinski definition) is 0. The van der Waals surface area contributed by atoms with Gasteiger partial charge in [0.2, 0.25) is 0 Å². The molecule has 1 aliphatic rings. The van der Waals surface area contributed by atoms with Gasteiger partial charge in [0.25, 0.3) is 5.56 Å². The van der Waals surface area contributed by atoms with Crippen molar-refractivity contribution < 1.29 is 18.3 Å². The number of ether oxygens (including phenoxy) is 2. The van der Waals surface area contributed by atoms with E-state index in [0.29, 0.717) is 42.0 Å². The summed E-state index contributed by atoms with van der Waals surface area (Å²) in [6.07, 6.45) is 6.01. The second-order valence-corrected chi connectivity index (χ2v) is 9.40. The average Bonchev–Trinajstić information content (AvgIpc) is 2.92. The van der Waals surface area contributed by atoms with Gasteiger partial charge in [0.15, 0.2) is 5.82 Å². The predicted octanol–water partition coefficient (Wildman–Crippen LogP) is 5.11. The highest BCUT2D eigenvalue weighted by atomic mass is 35.5. The van der Waals surface area contributed by atoms with Crippen molar-refractivity contribution >= 4 is 11.6 Å². The Kier molecular flexibility index (Phi) is 7.44. The SMILES string of the molecule is Cc1cnc(-c2ccnc(C3CCOCC3)n2)cc1-n1c(C)cc(OCc2ncc(F)cc2F)c(Cl)c1=O. The summed E-state index contributed by atoms with van der Waals surface area (Å²) in [6, 6.07) is 5.87. The van der Waals surface area contributed by atoms with E-state index in [1.807, 2.05) is 6.92 Å². The van der Waals surface area contributed by atoms with Gasteiger partial charge in [-0.15, -0.1) is 0 Å². The van der Waals surface area contributed by atoms with E-state index >= 15 is 0 Å². The lowest BCUT2D eigenvalue weighted by atomic mass is 9.99. The van der Waals surface area contributed by atoms with Crippen LogP contribution in [0, 0.1) is 25.5 Å². The maximum Gasteiger partial charge on any atom is 0.277 e. The molecule has 196 valence electrons. The molecule has 0 atom stereocenters. The molecule has 0 aromatic carbocycles. The molecular weight excluding hydrogens is 516 g/mol. The van der Waals surface area contributed by atoms with Crippen molar-refractivity contribution in [1.82, 2.24) is 24.5 Å². The number of pyridine rings is 3. The third-order valence-corrected chi connectivity index (χ3v) is 6.73. The lowest BCUT2D eigenvalue weighted by Gasteiger charge is -2.21. The molecule has 1 fully saturated rings. The maximum absolute atomic E-state index is 13.9. The van der Waals surface area contributed by atoms with Crippen molar-refractivity contribution in [2.45, 2.75) is 39.2 Å². The number of rotatable bonds is 6. The number of aryl methyl sites for hydroxylation is 2. The van der Waals surface area contributed by atoms with Crippen LogP contribution in [0.15, 0.2) is 47.7 Å². The monoisotopic (exact) mass is 539 g/mol. The van der Waals surface area contributed by atoms with Gasteiger partial charge in [-0.25, -0.2) is 18.7 Å². The first-order chi connectivity index (χ1) is 18.3. The molecule has 8 nitrogen and oxygen atoms in total. The van der Waals surface area contributed by atoms with Gasteiger partial charge in [-0.05, 0) is 44.4 Å². The zero-order valence-electron chi connectivity index (χ0n) is 20.7. The van der Waals surface area contributed by atoms with Crippen LogP contribution in [0.5, 0.6) is 5.75 Å². The molecule has 0 N–H and O–H groups in total. The molecule has 11 heteroatoms. The molecule has 0 spiro atoms. The Morgan fingerprint density at radius 1 is 1.08 bits per heavy atom. The second-order valence-electron chi connectivity index (χ2n) is 9.02. The summed E-state index contributed by atoms with van der Waals surface area (Å²) in [5.74, 6) is -0.602. The van der Waals surface area contributed by atoms with E-state index in [1.165, 1.54) is 4.57 Å². The van der Waals surface area contributed by atoms with Crippen molar-refractivity contribution in [2.24, 2.45) is 0 Å². The number of halogens is 3. The molecule has 4 aromatic heterocycles. The van der Waals surface area contributed by atoms with Gasteiger partial charge >= 0.3 is 0 Å². The lowest BCUT2D eigenvalue weighted by Crippen LogP contribution is -2.23. The summed E-state index contributed by atoms with van der Waals surface area (Å²) in [5.41, 5.74) is 2.48. The molecule has 0 aliphatic carbocycles. The maximum atomic E-state index is 13.9. The fraction of sp³-hybridized carbons (Fsp3) is 0.296. The summed E-state index contributed by atoms with van der Waals surface area (Å²) < 4.78 is 39.6. The van der Waals surface area contributed by atoms with Gasteiger partial charge in [-0.1, -0.05) is 11.6 Å². The van der Waals surface area contributed by atoms with Crippen LogP contribution in [-0.4, -0.2) is 37.7 Å². The third-order valence-electron chi connectivity index (χ3n) is 6.39. The van der Waals surface area contributed by atoms with Crippen molar-refractivity contribution in [1.29, 1.82) is 0 Å². The first kappa shape index (κ1) is 25.9. The van der Waals surface area contributed by atoms with E-state index in [2.05, 4.69) is 15.0 Å². The van der Waals surface area contributed by atoms with Gasteiger partial charge in [0.1, 0.15) is 34.7 Å². The predicted molar refractivity (Wildman–Crippen MR) is 137 cm³/mol. The van der Waals surface area contributed by atoms with Gasteiger partial charge in [-0.3, -0.25) is 19.3 Å². The summed E-state index contributed by atoms with van der Waals surface area (Å²) in [4.78, 5) is 30.8. The fourth-order valence-corrected chi connectivity index (χ4v) is 4.54. The molecule has 0 radical (unpaired) electrons. The zero-order valence-corrected chi connectivity index (χ0v) is 21.5. The minimum absolute atomic E-state index is 0.0692. The van der Waals surface area contributed by atoms with Gasteiger partial charge in [0.05, 0.1) is 23.3 Å². The van der Waals surface area contributed by atoms with Crippen molar-refractivity contribution in [3.8, 4) is 22.8 Å². The Labute approximate surface area is 222 Å². The number of nitrogens with zero attached hydrogens (tertiary/aromatic N) is 5. The minimum atomic E-state index is -0.851. The van der Waals surface area contributed by atoms with Crippen LogP contribution in [0.4, 0.5) is 8.78 Å². The quantitative estimate of drug-likeness (QED) is 0.336. The third kappa shape index (κ3) is 5.27. The Morgan fingerprint density at radius 2 is 1.87 bits per heavy atom. The van der Waals surface area contributed by atoms with E-state index in [9.17, 15) is 13.6 Å². The van der Waals surface area contributed by atoms with E-state index in [0.717, 1.165) is 30.4 Å². The van der Waals surface area contributed by atoms with Crippen LogP contribution in [-0.2, 0) is 11.3 Å². The second kappa shape index (κ2) is 10.9. The Bertz CT molecular complexity index is 1560. The van der Waals surface area contributed by atoms with Crippen molar-refractivity contribution in [3.05, 3.63) is 92.6 Å². The fourth-order valence-electron chi connectivity index (χ4n) is 4.34. The first-order valence-corrected chi connectivity index (χ1v) is 12.4. The van der Waals surface area contributed by atoms with E-state index < -0.39 is 17.2 Å². The molecule has 4 aromatic rings. The van der Waals surface area contributed by atoms with Crippen molar-refractivity contribution in [3.63, 3.8) is 0 Å². The summed E-state index contributed by atoms with van der Waals surface area (Å²) in [7, 11) is 0.